The van der Waals surface area contributed by atoms with E-state index in [9.17, 15) is 0 Å². The van der Waals surface area contributed by atoms with Crippen LogP contribution in [-0.2, 0) is 0 Å². The lowest BCUT2D eigenvalue weighted by atomic mass is 9.89. The van der Waals surface area contributed by atoms with E-state index in [1.54, 1.807) is 0 Å². The summed E-state index contributed by atoms with van der Waals surface area (Å²) in [4.78, 5) is 9.93. The maximum Gasteiger partial charge on any atom is 0.0708 e. The second kappa shape index (κ2) is 20.3. The lowest BCUT2D eigenvalue weighted by molar-refractivity contribution is 1.30. The Morgan fingerprint density at radius 1 is 0.200 bits per heavy atom. The van der Waals surface area contributed by atoms with Crippen LogP contribution in [0.5, 0.6) is 0 Å². The molecule has 0 unspecified atom stereocenters. The van der Waals surface area contributed by atoms with E-state index >= 15 is 0 Å². The lowest BCUT2D eigenvalue weighted by Gasteiger charge is -2.15. The summed E-state index contributed by atoms with van der Waals surface area (Å²) in [6.07, 6.45) is 12.4. The minimum absolute atomic E-state index is 0.895. The predicted octanol–water partition coefficient (Wildman–Crippen LogP) is 18.2. The molecule has 0 saturated carbocycles. The van der Waals surface area contributed by atoms with Crippen molar-refractivity contribution in [3.8, 4) is 89.0 Å². The van der Waals surface area contributed by atoms with Crippen LogP contribution in [0.15, 0.2) is 267 Å². The Kier molecular flexibility index (Phi) is 12.6. The Balaban J connectivity index is 0.931. The van der Waals surface area contributed by atoms with Crippen LogP contribution in [0, 0.1) is 0 Å². The molecule has 2 aromatic heterocycles. The van der Waals surface area contributed by atoms with Crippen molar-refractivity contribution in [1.82, 2.24) is 9.97 Å². The maximum atomic E-state index is 4.97. The summed E-state index contributed by atoms with van der Waals surface area (Å²) in [5.41, 5.74) is 22.4. The van der Waals surface area contributed by atoms with E-state index < -0.39 is 0 Å². The zero-order valence-electron chi connectivity index (χ0n) is 38.6. The molecule has 0 N–H and O–H groups in total. The van der Waals surface area contributed by atoms with Gasteiger partial charge in [0.1, 0.15) is 0 Å². The first kappa shape index (κ1) is 43.3. The minimum Gasteiger partial charge on any atom is -0.256 e. The minimum atomic E-state index is 0.895. The summed E-state index contributed by atoms with van der Waals surface area (Å²) in [6.45, 7) is 0. The van der Waals surface area contributed by atoms with Gasteiger partial charge in [-0.15, -0.1) is 0 Å². The van der Waals surface area contributed by atoms with Gasteiger partial charge < -0.3 is 0 Å². The Labute approximate surface area is 411 Å². The summed E-state index contributed by atoms with van der Waals surface area (Å²) < 4.78 is 0. The third kappa shape index (κ3) is 9.49. The first-order valence-electron chi connectivity index (χ1n) is 23.8. The van der Waals surface area contributed by atoms with Gasteiger partial charge in [-0.3, -0.25) is 9.97 Å². The number of pyridine rings is 2. The number of benzene rings is 9. The Bertz CT molecular complexity index is 3270. The SMILES string of the molecule is C(=Cc1ncccc1-c1ccccc1-c1cc(-c2ccccc2)cc(-c2ccccc2)c1)c1ccccc1C=Cc1ncccc1-c1ccccc1-c1cc(-c2ccccc2)cc(-c2ccccc2)c1. The van der Waals surface area contributed by atoms with Crippen LogP contribution < -0.4 is 0 Å². The predicted molar refractivity (Wildman–Crippen MR) is 296 cm³/mol. The molecule has 0 atom stereocenters. The number of hydrogen-bond donors (Lipinski definition) is 0. The van der Waals surface area contributed by atoms with Gasteiger partial charge in [0.05, 0.1) is 11.4 Å². The first-order valence-corrected chi connectivity index (χ1v) is 23.8. The molecule has 11 aromatic rings. The number of rotatable bonds is 12. The molecular formula is C68H48N2. The van der Waals surface area contributed by atoms with Crippen LogP contribution >= 0.6 is 0 Å². The van der Waals surface area contributed by atoms with Crippen molar-refractivity contribution < 1.29 is 0 Å². The number of nitrogens with zero attached hydrogens (tertiary/aromatic N) is 2. The molecule has 0 fully saturated rings. The highest BCUT2D eigenvalue weighted by atomic mass is 14.7. The summed E-state index contributed by atoms with van der Waals surface area (Å²) in [5, 5.41) is 0. The zero-order chi connectivity index (χ0) is 46.9. The van der Waals surface area contributed by atoms with E-state index in [1.807, 2.05) is 24.5 Å². The third-order valence-corrected chi connectivity index (χ3v) is 12.9. The van der Waals surface area contributed by atoms with Crippen molar-refractivity contribution in [3.63, 3.8) is 0 Å². The molecule has 0 aliphatic carbocycles. The van der Waals surface area contributed by atoms with Crippen molar-refractivity contribution >= 4 is 24.3 Å². The van der Waals surface area contributed by atoms with E-state index in [4.69, 9.17) is 9.97 Å². The topological polar surface area (TPSA) is 25.8 Å². The second-order valence-electron chi connectivity index (χ2n) is 17.3. The Morgan fingerprint density at radius 3 is 0.814 bits per heavy atom. The quantitative estimate of drug-likeness (QED) is 0.122. The molecule has 0 spiro atoms. The van der Waals surface area contributed by atoms with Gasteiger partial charge in [0.15, 0.2) is 0 Å². The molecule has 330 valence electrons. The van der Waals surface area contributed by atoms with E-state index in [0.717, 1.165) is 67.0 Å². The highest BCUT2D eigenvalue weighted by molar-refractivity contribution is 5.94. The first-order chi connectivity index (χ1) is 34.7. The van der Waals surface area contributed by atoms with Gasteiger partial charge >= 0.3 is 0 Å². The summed E-state index contributed by atoms with van der Waals surface area (Å²) >= 11 is 0. The molecule has 0 bridgehead atoms. The van der Waals surface area contributed by atoms with E-state index in [0.29, 0.717) is 0 Å². The van der Waals surface area contributed by atoms with E-state index in [-0.39, 0.29) is 0 Å². The van der Waals surface area contributed by atoms with Gasteiger partial charge in [-0.2, -0.15) is 0 Å². The standard InChI is InChI=1S/C68H48N2/c1-5-21-49(22-6-1)55-43-56(50-23-7-2-8-24-50)46-59(45-55)61-31-15-17-33-63(61)65-35-19-41-69-67(65)39-37-53-29-13-14-30-54(53)38-40-68-66(36-20-42-70-68)64-34-18-16-32-62(64)60-47-57(51-25-9-3-10-26-51)44-58(48-60)52-27-11-4-12-28-52/h1-48H. The highest BCUT2D eigenvalue weighted by Gasteiger charge is 2.16. The Hall–Kier alpha value is -9.24. The molecule has 11 rings (SSSR count). The average Bonchev–Trinajstić information content (AvgIpc) is 3.45. The van der Waals surface area contributed by atoms with Crippen molar-refractivity contribution in [2.24, 2.45) is 0 Å². The van der Waals surface area contributed by atoms with Crippen molar-refractivity contribution in [2.75, 3.05) is 0 Å². The van der Waals surface area contributed by atoms with Crippen LogP contribution in [0.3, 0.4) is 0 Å². The van der Waals surface area contributed by atoms with Crippen LogP contribution in [0.1, 0.15) is 22.5 Å². The molecule has 9 aromatic carbocycles. The fourth-order valence-corrected chi connectivity index (χ4v) is 9.40. The van der Waals surface area contributed by atoms with Gasteiger partial charge in [-0.1, -0.05) is 218 Å². The molecule has 2 nitrogen and oxygen atoms in total. The molecule has 0 aliphatic rings. The third-order valence-electron chi connectivity index (χ3n) is 12.9. The molecule has 2 heteroatoms. The van der Waals surface area contributed by atoms with Crippen LogP contribution in [0.25, 0.3) is 113 Å². The van der Waals surface area contributed by atoms with E-state index in [2.05, 4.69) is 267 Å². The van der Waals surface area contributed by atoms with E-state index in [1.165, 1.54) is 44.5 Å². The van der Waals surface area contributed by atoms with Crippen LogP contribution in [0.2, 0.25) is 0 Å². The van der Waals surface area contributed by atoms with Crippen LogP contribution in [-0.4, -0.2) is 9.97 Å². The van der Waals surface area contributed by atoms with Gasteiger partial charge in [0.25, 0.3) is 0 Å². The molecular weight excluding hydrogens is 845 g/mol. The van der Waals surface area contributed by atoms with Crippen molar-refractivity contribution in [1.29, 1.82) is 0 Å². The smallest absolute Gasteiger partial charge is 0.0708 e. The van der Waals surface area contributed by atoms with Gasteiger partial charge in [0.2, 0.25) is 0 Å². The summed E-state index contributed by atoms with van der Waals surface area (Å²) in [7, 11) is 0. The van der Waals surface area contributed by atoms with Crippen LogP contribution in [0.4, 0.5) is 0 Å². The second-order valence-corrected chi connectivity index (χ2v) is 17.3. The highest BCUT2D eigenvalue weighted by Crippen LogP contribution is 2.41. The fourth-order valence-electron chi connectivity index (χ4n) is 9.40. The molecule has 70 heavy (non-hydrogen) atoms. The average molecular weight is 893 g/mol. The Morgan fingerprint density at radius 2 is 0.471 bits per heavy atom. The number of hydrogen-bond acceptors (Lipinski definition) is 2. The number of aromatic nitrogens is 2. The van der Waals surface area contributed by atoms with Gasteiger partial charge in [0, 0.05) is 23.5 Å². The summed E-state index contributed by atoms with van der Waals surface area (Å²) in [5.74, 6) is 0. The maximum absolute atomic E-state index is 4.97. The van der Waals surface area contributed by atoms with Gasteiger partial charge in [-0.05, 0) is 150 Å². The zero-order valence-corrected chi connectivity index (χ0v) is 38.6. The molecule has 0 amide bonds. The molecule has 0 saturated heterocycles. The fraction of sp³-hybridized carbons (Fsp3) is 0. The van der Waals surface area contributed by atoms with Crippen molar-refractivity contribution in [3.05, 3.63) is 290 Å². The van der Waals surface area contributed by atoms with Crippen molar-refractivity contribution in [2.45, 2.75) is 0 Å². The summed E-state index contributed by atoms with van der Waals surface area (Å²) in [6, 6.07) is 90.6. The molecule has 0 aliphatic heterocycles. The molecule has 0 radical (unpaired) electrons. The normalized spacial score (nSPS) is 11.3. The molecule has 2 heterocycles. The van der Waals surface area contributed by atoms with Gasteiger partial charge in [-0.25, -0.2) is 0 Å². The lowest BCUT2D eigenvalue weighted by Crippen LogP contribution is -1.92. The monoisotopic (exact) mass is 892 g/mol. The largest absolute Gasteiger partial charge is 0.256 e.